The SMILES string of the molecule is COc1cccc([C@@H]2C3=C(C[C@H](c4ccccc4)CC3=O)Nc3cc(Cl)ccc3N2C(=O)c2ccc(Cl)cc2)c1. The minimum Gasteiger partial charge on any atom is -0.497 e. The molecule has 1 amide bonds. The van der Waals surface area contributed by atoms with Crippen molar-refractivity contribution in [3.05, 3.63) is 135 Å². The first-order valence-corrected chi connectivity index (χ1v) is 13.8. The predicted molar refractivity (Wildman–Crippen MR) is 160 cm³/mol. The lowest BCUT2D eigenvalue weighted by Gasteiger charge is -2.35. The molecule has 1 aliphatic carbocycles. The molecule has 4 aromatic rings. The molecule has 0 unspecified atom stereocenters. The molecule has 0 aromatic heterocycles. The number of halogens is 2. The number of carbonyl (C=O) groups excluding carboxylic acids is 2. The summed E-state index contributed by atoms with van der Waals surface area (Å²) in [6, 6.07) is 29.1. The summed E-state index contributed by atoms with van der Waals surface area (Å²) in [6.45, 7) is 0. The summed E-state index contributed by atoms with van der Waals surface area (Å²) in [5.41, 5.74) is 4.96. The quantitative estimate of drug-likeness (QED) is 0.269. The number of hydrogen-bond acceptors (Lipinski definition) is 4. The standard InChI is InChI=1S/C33H26Cl2N2O3/c1-40-26-9-5-8-22(16-26)32-31-28(17-23(18-30(31)38)20-6-3-2-4-7-20)36-27-19-25(35)14-15-29(27)37(32)33(39)21-10-12-24(34)13-11-21/h2-16,19,23,32,36H,17-18H2,1H3/t23-,32+/m0/s1. The Bertz CT molecular complexity index is 1630. The van der Waals surface area contributed by atoms with Gasteiger partial charge in [-0.25, -0.2) is 0 Å². The number of Topliss-reactive ketones (excluding diaryl/α,β-unsaturated/α-hetero) is 1. The molecule has 6 rings (SSSR count). The van der Waals surface area contributed by atoms with E-state index in [1.165, 1.54) is 0 Å². The summed E-state index contributed by atoms with van der Waals surface area (Å²) in [5.74, 6) is 0.370. The number of fused-ring (bicyclic) bond motifs is 1. The number of hydrogen-bond donors (Lipinski definition) is 1. The van der Waals surface area contributed by atoms with Crippen LogP contribution in [-0.2, 0) is 4.79 Å². The maximum atomic E-state index is 14.4. The number of rotatable bonds is 4. The largest absolute Gasteiger partial charge is 0.497 e. The molecule has 7 heteroatoms. The van der Waals surface area contributed by atoms with Crippen molar-refractivity contribution < 1.29 is 14.3 Å². The zero-order chi connectivity index (χ0) is 27.8. The predicted octanol–water partition coefficient (Wildman–Crippen LogP) is 8.22. The summed E-state index contributed by atoms with van der Waals surface area (Å²) in [5, 5.41) is 4.59. The second-order valence-electron chi connectivity index (χ2n) is 9.98. The number of anilines is 2. The monoisotopic (exact) mass is 568 g/mol. The molecular formula is C33H26Cl2N2O3. The lowest BCUT2D eigenvalue weighted by Crippen LogP contribution is -2.38. The molecule has 1 N–H and O–H groups in total. The first-order chi connectivity index (χ1) is 19.4. The number of allylic oxidation sites excluding steroid dienone is 1. The van der Waals surface area contributed by atoms with Crippen LogP contribution in [0, 0.1) is 0 Å². The van der Waals surface area contributed by atoms with Gasteiger partial charge in [0.25, 0.3) is 5.91 Å². The van der Waals surface area contributed by atoms with E-state index in [4.69, 9.17) is 27.9 Å². The van der Waals surface area contributed by atoms with E-state index in [9.17, 15) is 9.59 Å². The third-order valence-corrected chi connectivity index (χ3v) is 8.02. The highest BCUT2D eigenvalue weighted by Crippen LogP contribution is 2.48. The van der Waals surface area contributed by atoms with Gasteiger partial charge in [0.15, 0.2) is 5.78 Å². The van der Waals surface area contributed by atoms with Gasteiger partial charge in [0, 0.05) is 33.3 Å². The van der Waals surface area contributed by atoms with Crippen molar-refractivity contribution in [3.8, 4) is 5.75 Å². The van der Waals surface area contributed by atoms with Crippen molar-refractivity contribution in [2.45, 2.75) is 24.8 Å². The number of carbonyl (C=O) groups is 2. The van der Waals surface area contributed by atoms with Crippen molar-refractivity contribution in [3.63, 3.8) is 0 Å². The normalized spacial score (nSPS) is 18.4. The summed E-state index contributed by atoms with van der Waals surface area (Å²) in [7, 11) is 1.60. The highest BCUT2D eigenvalue weighted by atomic mass is 35.5. The van der Waals surface area contributed by atoms with Crippen LogP contribution in [0.5, 0.6) is 5.75 Å². The second-order valence-corrected chi connectivity index (χ2v) is 10.9. The Balaban J connectivity index is 1.59. The molecule has 4 aromatic carbocycles. The first-order valence-electron chi connectivity index (χ1n) is 13.0. The molecule has 2 aliphatic rings. The summed E-state index contributed by atoms with van der Waals surface area (Å²) in [6.07, 6.45) is 0.950. The van der Waals surface area contributed by atoms with Crippen LogP contribution in [0.1, 0.15) is 46.3 Å². The lowest BCUT2D eigenvalue weighted by molar-refractivity contribution is -0.116. The minimum atomic E-state index is -0.701. The van der Waals surface area contributed by atoms with E-state index in [0.717, 1.165) is 16.8 Å². The average Bonchev–Trinajstić information content (AvgIpc) is 3.12. The third kappa shape index (κ3) is 4.87. The molecule has 200 valence electrons. The molecule has 1 aliphatic heterocycles. The molecule has 1 heterocycles. The Hall–Kier alpha value is -4.06. The number of methoxy groups -OCH3 is 1. The minimum absolute atomic E-state index is 0.00654. The maximum Gasteiger partial charge on any atom is 0.259 e. The van der Waals surface area contributed by atoms with Gasteiger partial charge in [0.1, 0.15) is 5.75 Å². The highest BCUT2D eigenvalue weighted by molar-refractivity contribution is 6.31. The van der Waals surface area contributed by atoms with Gasteiger partial charge in [-0.15, -0.1) is 0 Å². The molecule has 0 fully saturated rings. The van der Waals surface area contributed by atoms with Gasteiger partial charge in [-0.05, 0) is 78.1 Å². The Labute approximate surface area is 243 Å². The fourth-order valence-electron chi connectivity index (χ4n) is 5.66. The zero-order valence-corrected chi connectivity index (χ0v) is 23.2. The van der Waals surface area contributed by atoms with E-state index in [1.54, 1.807) is 48.4 Å². The third-order valence-electron chi connectivity index (χ3n) is 7.53. The van der Waals surface area contributed by atoms with E-state index >= 15 is 0 Å². The van der Waals surface area contributed by atoms with E-state index < -0.39 is 6.04 Å². The van der Waals surface area contributed by atoms with Gasteiger partial charge in [-0.3, -0.25) is 14.5 Å². The van der Waals surface area contributed by atoms with Gasteiger partial charge in [0.05, 0.1) is 24.5 Å². The number of nitrogens with zero attached hydrogens (tertiary/aromatic N) is 1. The Morgan fingerprint density at radius 3 is 2.33 bits per heavy atom. The van der Waals surface area contributed by atoms with Gasteiger partial charge in [0.2, 0.25) is 0 Å². The van der Waals surface area contributed by atoms with Crippen molar-refractivity contribution in [1.29, 1.82) is 0 Å². The van der Waals surface area contributed by atoms with Gasteiger partial charge in [-0.2, -0.15) is 0 Å². The summed E-state index contributed by atoms with van der Waals surface area (Å²) >= 11 is 12.6. The number of amides is 1. The molecule has 0 saturated heterocycles. The molecule has 0 saturated carbocycles. The van der Waals surface area contributed by atoms with Crippen molar-refractivity contribution >= 4 is 46.3 Å². The van der Waals surface area contributed by atoms with E-state index in [2.05, 4.69) is 17.4 Å². The molecule has 0 spiro atoms. The van der Waals surface area contributed by atoms with Crippen LogP contribution in [-0.4, -0.2) is 18.8 Å². The molecule has 40 heavy (non-hydrogen) atoms. The molecular weight excluding hydrogens is 543 g/mol. The zero-order valence-electron chi connectivity index (χ0n) is 21.7. The van der Waals surface area contributed by atoms with Crippen molar-refractivity contribution in [1.82, 2.24) is 0 Å². The van der Waals surface area contributed by atoms with Crippen LogP contribution in [0.4, 0.5) is 11.4 Å². The molecule has 2 atom stereocenters. The topological polar surface area (TPSA) is 58.6 Å². The maximum absolute atomic E-state index is 14.4. The fraction of sp³-hybridized carbons (Fsp3) is 0.152. The molecule has 0 radical (unpaired) electrons. The van der Waals surface area contributed by atoms with Crippen LogP contribution < -0.4 is 15.0 Å². The number of ether oxygens (including phenoxy) is 1. The molecule has 0 bridgehead atoms. The van der Waals surface area contributed by atoms with E-state index in [1.807, 2.05) is 48.5 Å². The Morgan fingerprint density at radius 2 is 1.57 bits per heavy atom. The number of nitrogens with one attached hydrogen (secondary N) is 1. The van der Waals surface area contributed by atoms with Crippen LogP contribution >= 0.6 is 23.2 Å². The van der Waals surface area contributed by atoms with Crippen molar-refractivity contribution in [2.75, 3.05) is 17.3 Å². The highest BCUT2D eigenvalue weighted by Gasteiger charge is 2.42. The number of ketones is 1. The lowest BCUT2D eigenvalue weighted by atomic mass is 9.78. The number of benzene rings is 4. The first kappa shape index (κ1) is 26.2. The van der Waals surface area contributed by atoms with Gasteiger partial charge < -0.3 is 10.1 Å². The Kier molecular flexibility index (Phi) is 7.09. The smallest absolute Gasteiger partial charge is 0.259 e. The van der Waals surface area contributed by atoms with Crippen LogP contribution in [0.15, 0.2) is 108 Å². The van der Waals surface area contributed by atoms with Crippen LogP contribution in [0.2, 0.25) is 10.0 Å². The average molecular weight is 569 g/mol. The van der Waals surface area contributed by atoms with Gasteiger partial charge >= 0.3 is 0 Å². The summed E-state index contributed by atoms with van der Waals surface area (Å²) < 4.78 is 5.54. The second kappa shape index (κ2) is 10.8. The van der Waals surface area contributed by atoms with E-state index in [0.29, 0.717) is 51.1 Å². The summed E-state index contributed by atoms with van der Waals surface area (Å²) in [4.78, 5) is 30.2. The van der Waals surface area contributed by atoms with E-state index in [-0.39, 0.29) is 17.6 Å². The van der Waals surface area contributed by atoms with Gasteiger partial charge in [-0.1, -0.05) is 65.7 Å². The fourth-order valence-corrected chi connectivity index (χ4v) is 5.96. The Morgan fingerprint density at radius 1 is 0.850 bits per heavy atom. The van der Waals surface area contributed by atoms with Crippen LogP contribution in [0.3, 0.4) is 0 Å². The van der Waals surface area contributed by atoms with Crippen LogP contribution in [0.25, 0.3) is 0 Å². The molecule has 5 nitrogen and oxygen atoms in total. The van der Waals surface area contributed by atoms with Crippen molar-refractivity contribution in [2.24, 2.45) is 0 Å².